The fraction of sp³-hybridized carbons (Fsp3) is 1.00. The van der Waals surface area contributed by atoms with Gasteiger partial charge in [-0.3, -0.25) is 0 Å². The zero-order valence-electron chi connectivity index (χ0n) is 8.81. The Morgan fingerprint density at radius 3 is 2.50 bits per heavy atom. The molecule has 0 saturated carbocycles. The maximum atomic E-state index is 11.7. The number of nitrogens with zero attached hydrogens (tertiary/aromatic N) is 1. The SMILES string of the molecule is CC(CO)C(C)N1CCCCS1(=O)=O. The summed E-state index contributed by atoms with van der Waals surface area (Å²) < 4.78 is 24.9. The summed E-state index contributed by atoms with van der Waals surface area (Å²) in [5.41, 5.74) is 0. The molecule has 1 saturated heterocycles. The Balaban J connectivity index is 2.74. The van der Waals surface area contributed by atoms with Crippen molar-refractivity contribution in [1.82, 2.24) is 4.31 Å². The third kappa shape index (κ3) is 2.46. The molecule has 1 aliphatic heterocycles. The van der Waals surface area contributed by atoms with Crippen molar-refractivity contribution in [3.8, 4) is 0 Å². The van der Waals surface area contributed by atoms with E-state index in [-0.39, 0.29) is 24.3 Å². The Hall–Kier alpha value is -0.130. The van der Waals surface area contributed by atoms with E-state index in [9.17, 15) is 8.42 Å². The molecule has 1 N–H and O–H groups in total. The quantitative estimate of drug-likeness (QED) is 0.752. The van der Waals surface area contributed by atoms with Crippen molar-refractivity contribution in [2.75, 3.05) is 18.9 Å². The first-order valence-corrected chi connectivity index (χ1v) is 6.70. The van der Waals surface area contributed by atoms with Gasteiger partial charge < -0.3 is 5.11 Å². The van der Waals surface area contributed by atoms with Crippen molar-refractivity contribution in [3.63, 3.8) is 0 Å². The van der Waals surface area contributed by atoms with E-state index in [4.69, 9.17) is 5.11 Å². The lowest BCUT2D eigenvalue weighted by atomic mass is 10.1. The molecule has 0 aromatic carbocycles. The van der Waals surface area contributed by atoms with Gasteiger partial charge >= 0.3 is 0 Å². The Kier molecular flexibility index (Phi) is 3.92. The highest BCUT2D eigenvalue weighted by atomic mass is 32.2. The lowest BCUT2D eigenvalue weighted by molar-refractivity contribution is 0.166. The topological polar surface area (TPSA) is 57.6 Å². The van der Waals surface area contributed by atoms with Crippen LogP contribution >= 0.6 is 0 Å². The molecule has 1 fully saturated rings. The molecule has 1 heterocycles. The second-order valence-electron chi connectivity index (χ2n) is 4.03. The van der Waals surface area contributed by atoms with E-state index in [0.717, 1.165) is 12.8 Å². The number of sulfonamides is 1. The highest BCUT2D eigenvalue weighted by Gasteiger charge is 2.32. The van der Waals surface area contributed by atoms with Gasteiger partial charge in [-0.2, -0.15) is 4.31 Å². The van der Waals surface area contributed by atoms with Gasteiger partial charge in [0.25, 0.3) is 0 Å². The van der Waals surface area contributed by atoms with Gasteiger partial charge in [0, 0.05) is 19.2 Å². The van der Waals surface area contributed by atoms with E-state index < -0.39 is 10.0 Å². The highest BCUT2D eigenvalue weighted by Crippen LogP contribution is 2.20. The van der Waals surface area contributed by atoms with E-state index in [0.29, 0.717) is 6.54 Å². The van der Waals surface area contributed by atoms with Crippen LogP contribution in [-0.4, -0.2) is 42.8 Å². The summed E-state index contributed by atoms with van der Waals surface area (Å²) in [6, 6.07) is -0.0923. The van der Waals surface area contributed by atoms with Crippen LogP contribution in [0.3, 0.4) is 0 Å². The molecule has 84 valence electrons. The fourth-order valence-electron chi connectivity index (χ4n) is 1.70. The normalized spacial score (nSPS) is 27.1. The molecule has 5 heteroatoms. The zero-order chi connectivity index (χ0) is 10.8. The largest absolute Gasteiger partial charge is 0.396 e. The third-order valence-corrected chi connectivity index (χ3v) is 4.99. The van der Waals surface area contributed by atoms with Crippen molar-refractivity contribution >= 4 is 10.0 Å². The second kappa shape index (κ2) is 4.59. The summed E-state index contributed by atoms with van der Waals surface area (Å²) in [6.45, 7) is 4.37. The first-order valence-electron chi connectivity index (χ1n) is 5.09. The van der Waals surface area contributed by atoms with Crippen LogP contribution in [0.1, 0.15) is 26.7 Å². The highest BCUT2D eigenvalue weighted by molar-refractivity contribution is 7.89. The van der Waals surface area contributed by atoms with Gasteiger partial charge in [0.05, 0.1) is 5.75 Å². The van der Waals surface area contributed by atoms with Crippen molar-refractivity contribution in [2.24, 2.45) is 5.92 Å². The maximum absolute atomic E-state index is 11.7. The van der Waals surface area contributed by atoms with Crippen LogP contribution in [0.25, 0.3) is 0 Å². The number of rotatable bonds is 3. The van der Waals surface area contributed by atoms with E-state index in [1.807, 2.05) is 13.8 Å². The summed E-state index contributed by atoms with van der Waals surface area (Å²) in [6.07, 6.45) is 1.70. The molecule has 0 aromatic rings. The lowest BCUT2D eigenvalue weighted by Gasteiger charge is -2.34. The molecule has 2 atom stereocenters. The number of aliphatic hydroxyl groups is 1. The van der Waals surface area contributed by atoms with Crippen LogP contribution in [0, 0.1) is 5.92 Å². The summed E-state index contributed by atoms with van der Waals surface area (Å²) in [5, 5.41) is 8.98. The standard InChI is InChI=1S/C9H19NO3S/c1-8(7-11)9(2)10-5-3-4-6-14(10,12)13/h8-9,11H,3-7H2,1-2H3. The summed E-state index contributed by atoms with van der Waals surface area (Å²) in [7, 11) is -3.06. The molecule has 14 heavy (non-hydrogen) atoms. The lowest BCUT2D eigenvalue weighted by Crippen LogP contribution is -2.46. The Labute approximate surface area is 86.0 Å². The van der Waals surface area contributed by atoms with Crippen LogP contribution in [0.4, 0.5) is 0 Å². The van der Waals surface area contributed by atoms with Crippen LogP contribution in [0.2, 0.25) is 0 Å². The molecule has 0 aromatic heterocycles. The van der Waals surface area contributed by atoms with E-state index >= 15 is 0 Å². The van der Waals surface area contributed by atoms with Crippen molar-refractivity contribution in [2.45, 2.75) is 32.7 Å². The number of hydrogen-bond acceptors (Lipinski definition) is 3. The minimum absolute atomic E-state index is 0.00266. The Morgan fingerprint density at radius 2 is 2.00 bits per heavy atom. The molecule has 1 aliphatic rings. The molecule has 0 amide bonds. The smallest absolute Gasteiger partial charge is 0.214 e. The molecule has 4 nitrogen and oxygen atoms in total. The average Bonchev–Trinajstić information content (AvgIpc) is 2.15. The molecule has 0 spiro atoms. The van der Waals surface area contributed by atoms with Gasteiger partial charge in [0.15, 0.2) is 0 Å². The molecular weight excluding hydrogens is 202 g/mol. The average molecular weight is 221 g/mol. The molecule has 1 rings (SSSR count). The summed E-state index contributed by atoms with van der Waals surface area (Å²) >= 11 is 0. The van der Waals surface area contributed by atoms with Gasteiger partial charge in [-0.1, -0.05) is 6.92 Å². The van der Waals surface area contributed by atoms with E-state index in [1.54, 1.807) is 0 Å². The van der Waals surface area contributed by atoms with Gasteiger partial charge in [-0.25, -0.2) is 8.42 Å². The third-order valence-electron chi connectivity index (χ3n) is 2.95. The molecule has 2 unspecified atom stereocenters. The van der Waals surface area contributed by atoms with Crippen LogP contribution < -0.4 is 0 Å². The van der Waals surface area contributed by atoms with E-state index in [2.05, 4.69) is 0 Å². The molecule has 0 radical (unpaired) electrons. The predicted molar refractivity (Wildman–Crippen MR) is 55.4 cm³/mol. The molecule has 0 aliphatic carbocycles. The second-order valence-corrected chi connectivity index (χ2v) is 6.08. The first kappa shape index (κ1) is 11.9. The molecular formula is C9H19NO3S. The molecule has 0 bridgehead atoms. The van der Waals surface area contributed by atoms with Crippen LogP contribution in [0.5, 0.6) is 0 Å². The van der Waals surface area contributed by atoms with Crippen LogP contribution in [-0.2, 0) is 10.0 Å². The predicted octanol–water partition coefficient (Wildman–Crippen LogP) is 0.429. The fourth-order valence-corrected chi connectivity index (χ4v) is 3.63. The maximum Gasteiger partial charge on any atom is 0.214 e. The number of hydrogen-bond donors (Lipinski definition) is 1. The van der Waals surface area contributed by atoms with Gasteiger partial charge in [-0.15, -0.1) is 0 Å². The zero-order valence-corrected chi connectivity index (χ0v) is 9.63. The van der Waals surface area contributed by atoms with Gasteiger partial charge in [0.2, 0.25) is 10.0 Å². The number of aliphatic hydroxyl groups excluding tert-OH is 1. The summed E-state index contributed by atoms with van der Waals surface area (Å²) in [4.78, 5) is 0. The minimum Gasteiger partial charge on any atom is -0.396 e. The minimum atomic E-state index is -3.06. The van der Waals surface area contributed by atoms with Crippen molar-refractivity contribution in [1.29, 1.82) is 0 Å². The summed E-state index contributed by atoms with van der Waals surface area (Å²) in [5.74, 6) is 0.262. The van der Waals surface area contributed by atoms with Crippen molar-refractivity contribution in [3.05, 3.63) is 0 Å². The van der Waals surface area contributed by atoms with E-state index in [1.165, 1.54) is 4.31 Å². The van der Waals surface area contributed by atoms with Gasteiger partial charge in [0.1, 0.15) is 0 Å². The Bertz CT molecular complexity index is 276. The first-order chi connectivity index (χ1) is 6.49. The van der Waals surface area contributed by atoms with Crippen molar-refractivity contribution < 1.29 is 13.5 Å². The monoisotopic (exact) mass is 221 g/mol. The van der Waals surface area contributed by atoms with Crippen LogP contribution in [0.15, 0.2) is 0 Å². The Morgan fingerprint density at radius 1 is 1.36 bits per heavy atom. The van der Waals surface area contributed by atoms with Gasteiger partial charge in [-0.05, 0) is 25.7 Å².